The summed E-state index contributed by atoms with van der Waals surface area (Å²) >= 11 is 2.23. The topological polar surface area (TPSA) is 55.6 Å². The van der Waals surface area contributed by atoms with Crippen LogP contribution in [0.15, 0.2) is 18.2 Å². The first kappa shape index (κ1) is 14.7. The molecule has 104 valence electrons. The number of hydrogen-bond acceptors (Lipinski definition) is 3. The molecule has 5 heteroatoms. The Kier molecular flexibility index (Phi) is 4.81. The van der Waals surface area contributed by atoms with Gasteiger partial charge in [0.2, 0.25) is 0 Å². The highest BCUT2D eigenvalue weighted by molar-refractivity contribution is 14.1. The van der Waals surface area contributed by atoms with E-state index in [2.05, 4.69) is 22.6 Å². The van der Waals surface area contributed by atoms with E-state index in [1.165, 1.54) is 0 Å². The highest BCUT2D eigenvalue weighted by Crippen LogP contribution is 2.20. The maximum atomic E-state index is 12.6. The number of benzene rings is 1. The lowest BCUT2D eigenvalue weighted by atomic mass is 10.1. The first-order valence-electron chi connectivity index (χ1n) is 6.42. The molecule has 2 atom stereocenters. The number of morpholine rings is 1. The molecule has 1 aliphatic heterocycles. The molecule has 19 heavy (non-hydrogen) atoms. The Morgan fingerprint density at radius 3 is 3.00 bits per heavy atom. The molecule has 1 aliphatic rings. The van der Waals surface area contributed by atoms with Gasteiger partial charge in [0.1, 0.15) is 0 Å². The lowest BCUT2D eigenvalue weighted by Gasteiger charge is -2.35. The standard InChI is InChI=1S/C14H19IN2O2/c1-9-4-3-5-11(13(9)15)14(18)17-6-7-19-12(8-17)10(2)16/h3-5,10,12H,6-8,16H2,1-2H3. The summed E-state index contributed by atoms with van der Waals surface area (Å²) in [5, 5.41) is 0. The Morgan fingerprint density at radius 1 is 1.58 bits per heavy atom. The maximum Gasteiger partial charge on any atom is 0.255 e. The van der Waals surface area contributed by atoms with Crippen molar-refractivity contribution >= 4 is 28.5 Å². The van der Waals surface area contributed by atoms with E-state index in [0.29, 0.717) is 19.7 Å². The summed E-state index contributed by atoms with van der Waals surface area (Å²) in [5.41, 5.74) is 7.76. The highest BCUT2D eigenvalue weighted by Gasteiger charge is 2.28. The van der Waals surface area contributed by atoms with Crippen LogP contribution in [0.2, 0.25) is 0 Å². The van der Waals surface area contributed by atoms with Crippen molar-refractivity contribution in [3.63, 3.8) is 0 Å². The first-order valence-corrected chi connectivity index (χ1v) is 7.50. The lowest BCUT2D eigenvalue weighted by Crippen LogP contribution is -2.51. The number of halogens is 1. The molecule has 1 aromatic rings. The molecule has 1 saturated heterocycles. The normalized spacial score (nSPS) is 21.3. The average Bonchev–Trinajstić information content (AvgIpc) is 2.41. The van der Waals surface area contributed by atoms with Crippen molar-refractivity contribution in [1.29, 1.82) is 0 Å². The van der Waals surface area contributed by atoms with E-state index in [4.69, 9.17) is 10.5 Å². The molecule has 0 spiro atoms. The van der Waals surface area contributed by atoms with Gasteiger partial charge >= 0.3 is 0 Å². The molecular weight excluding hydrogens is 355 g/mol. The van der Waals surface area contributed by atoms with Crippen molar-refractivity contribution in [2.24, 2.45) is 5.73 Å². The fourth-order valence-electron chi connectivity index (χ4n) is 2.16. The van der Waals surface area contributed by atoms with Gasteiger partial charge in [-0.3, -0.25) is 4.79 Å². The summed E-state index contributed by atoms with van der Waals surface area (Å²) in [6.45, 7) is 5.69. The van der Waals surface area contributed by atoms with Crippen molar-refractivity contribution < 1.29 is 9.53 Å². The Bertz CT molecular complexity index is 477. The summed E-state index contributed by atoms with van der Waals surface area (Å²) in [7, 11) is 0. The maximum absolute atomic E-state index is 12.6. The molecule has 0 aromatic heterocycles. The second kappa shape index (κ2) is 6.19. The third kappa shape index (κ3) is 3.27. The minimum absolute atomic E-state index is 0.0628. The zero-order valence-electron chi connectivity index (χ0n) is 11.2. The molecular formula is C14H19IN2O2. The summed E-state index contributed by atoms with van der Waals surface area (Å²) < 4.78 is 6.61. The molecule has 2 unspecified atom stereocenters. The Labute approximate surface area is 127 Å². The van der Waals surface area contributed by atoms with Crippen LogP contribution in [0.4, 0.5) is 0 Å². The highest BCUT2D eigenvalue weighted by atomic mass is 127. The molecule has 0 radical (unpaired) electrons. The second-order valence-electron chi connectivity index (χ2n) is 4.96. The van der Waals surface area contributed by atoms with Crippen LogP contribution in [0.3, 0.4) is 0 Å². The van der Waals surface area contributed by atoms with Crippen LogP contribution >= 0.6 is 22.6 Å². The smallest absolute Gasteiger partial charge is 0.255 e. The van der Waals surface area contributed by atoms with Gasteiger partial charge in [-0.05, 0) is 48.1 Å². The minimum atomic E-state index is -0.0693. The summed E-state index contributed by atoms with van der Waals surface area (Å²) in [5.74, 6) is 0.0713. The van der Waals surface area contributed by atoms with Crippen molar-refractivity contribution in [2.45, 2.75) is 26.0 Å². The van der Waals surface area contributed by atoms with E-state index in [-0.39, 0.29) is 18.1 Å². The molecule has 1 heterocycles. The Hall–Kier alpha value is -0.660. The van der Waals surface area contributed by atoms with Gasteiger partial charge in [-0.1, -0.05) is 12.1 Å². The van der Waals surface area contributed by atoms with E-state index in [0.717, 1.165) is 14.7 Å². The van der Waals surface area contributed by atoms with Crippen LogP contribution in [0.1, 0.15) is 22.8 Å². The van der Waals surface area contributed by atoms with Gasteiger partial charge in [-0.2, -0.15) is 0 Å². The van der Waals surface area contributed by atoms with Crippen molar-refractivity contribution in [2.75, 3.05) is 19.7 Å². The molecule has 1 amide bonds. The van der Waals surface area contributed by atoms with Gasteiger partial charge in [0.15, 0.2) is 0 Å². The van der Waals surface area contributed by atoms with Gasteiger partial charge in [0, 0.05) is 22.7 Å². The fourth-order valence-corrected chi connectivity index (χ4v) is 2.75. The molecule has 2 rings (SSSR count). The molecule has 2 N–H and O–H groups in total. The predicted octanol–water partition coefficient (Wildman–Crippen LogP) is 1.79. The first-order chi connectivity index (χ1) is 9.00. The van der Waals surface area contributed by atoms with E-state index < -0.39 is 0 Å². The Morgan fingerprint density at radius 2 is 2.32 bits per heavy atom. The summed E-state index contributed by atoms with van der Waals surface area (Å²) in [4.78, 5) is 14.4. The van der Waals surface area contributed by atoms with Gasteiger partial charge in [-0.15, -0.1) is 0 Å². The number of nitrogens with zero attached hydrogens (tertiary/aromatic N) is 1. The number of carbonyl (C=O) groups excluding carboxylic acids is 1. The third-order valence-electron chi connectivity index (χ3n) is 3.39. The van der Waals surface area contributed by atoms with Crippen molar-refractivity contribution in [3.8, 4) is 0 Å². The van der Waals surface area contributed by atoms with Gasteiger partial charge < -0.3 is 15.4 Å². The van der Waals surface area contributed by atoms with Crippen LogP contribution in [0, 0.1) is 10.5 Å². The second-order valence-corrected chi connectivity index (χ2v) is 6.03. The number of hydrogen-bond donors (Lipinski definition) is 1. The van der Waals surface area contributed by atoms with Gasteiger partial charge in [-0.25, -0.2) is 0 Å². The lowest BCUT2D eigenvalue weighted by molar-refractivity contribution is -0.0300. The monoisotopic (exact) mass is 374 g/mol. The van der Waals surface area contributed by atoms with Crippen LogP contribution in [0.25, 0.3) is 0 Å². The van der Waals surface area contributed by atoms with Crippen LogP contribution in [-0.2, 0) is 4.74 Å². The average molecular weight is 374 g/mol. The van der Waals surface area contributed by atoms with E-state index >= 15 is 0 Å². The molecule has 0 saturated carbocycles. The number of carbonyl (C=O) groups is 1. The largest absolute Gasteiger partial charge is 0.373 e. The van der Waals surface area contributed by atoms with Gasteiger partial charge in [0.05, 0.1) is 18.3 Å². The van der Waals surface area contributed by atoms with E-state index in [1.807, 2.05) is 36.9 Å². The zero-order valence-corrected chi connectivity index (χ0v) is 13.4. The Balaban J connectivity index is 2.17. The van der Waals surface area contributed by atoms with Gasteiger partial charge in [0.25, 0.3) is 5.91 Å². The molecule has 4 nitrogen and oxygen atoms in total. The molecule has 0 aliphatic carbocycles. The van der Waals surface area contributed by atoms with E-state index in [9.17, 15) is 4.79 Å². The predicted molar refractivity (Wildman–Crippen MR) is 83.2 cm³/mol. The zero-order chi connectivity index (χ0) is 14.0. The van der Waals surface area contributed by atoms with Crippen LogP contribution < -0.4 is 5.73 Å². The minimum Gasteiger partial charge on any atom is -0.373 e. The number of nitrogens with two attached hydrogens (primary N) is 1. The molecule has 1 fully saturated rings. The fraction of sp³-hybridized carbons (Fsp3) is 0.500. The SMILES string of the molecule is Cc1cccc(C(=O)N2CCOC(C(C)N)C2)c1I. The quantitative estimate of drug-likeness (QED) is 0.804. The van der Waals surface area contributed by atoms with E-state index in [1.54, 1.807) is 0 Å². The summed E-state index contributed by atoms with van der Waals surface area (Å²) in [6.07, 6.45) is -0.0693. The number of rotatable bonds is 2. The number of amides is 1. The number of ether oxygens (including phenoxy) is 1. The van der Waals surface area contributed by atoms with Crippen molar-refractivity contribution in [3.05, 3.63) is 32.9 Å². The molecule has 1 aromatic carbocycles. The number of aryl methyl sites for hydroxylation is 1. The van der Waals surface area contributed by atoms with Crippen LogP contribution in [-0.4, -0.2) is 42.6 Å². The van der Waals surface area contributed by atoms with Crippen LogP contribution in [0.5, 0.6) is 0 Å². The van der Waals surface area contributed by atoms with Crippen molar-refractivity contribution in [1.82, 2.24) is 4.90 Å². The summed E-state index contributed by atoms with van der Waals surface area (Å²) in [6, 6.07) is 5.76. The third-order valence-corrected chi connectivity index (χ3v) is 4.82. The molecule has 0 bridgehead atoms.